The molecule has 0 heterocycles. The molecule has 0 aromatic rings. The van der Waals surface area contributed by atoms with Crippen molar-refractivity contribution in [3.05, 3.63) is 0 Å². The molecule has 0 N–H and O–H groups in total. The molecule has 0 saturated carbocycles. The van der Waals surface area contributed by atoms with Gasteiger partial charge in [-0.2, -0.15) is 0 Å². The van der Waals surface area contributed by atoms with Crippen LogP contribution in [0.15, 0.2) is 0 Å². The maximum absolute atomic E-state index is 12.4. The number of hydrogen-bond acceptors (Lipinski definition) is 9. The molecule has 0 fully saturated rings. The Bertz CT molecular complexity index is 421. The zero-order valence-corrected chi connectivity index (χ0v) is 20.4. The van der Waals surface area contributed by atoms with Gasteiger partial charge in [0.15, 0.2) is 0 Å². The van der Waals surface area contributed by atoms with Gasteiger partial charge in [-0.3, -0.25) is 0 Å². The van der Waals surface area contributed by atoms with Gasteiger partial charge in [-0.05, 0) is 0 Å². The van der Waals surface area contributed by atoms with Crippen LogP contribution in [-0.2, 0) is 42.5 Å². The van der Waals surface area contributed by atoms with Crippen LogP contribution in [0.25, 0.3) is 0 Å². The Morgan fingerprint density at radius 2 is 0.967 bits per heavy atom. The fourth-order valence-corrected chi connectivity index (χ4v) is 5.05. The molecule has 0 saturated heterocycles. The van der Waals surface area contributed by atoms with Crippen LogP contribution in [0.3, 0.4) is 0 Å². The Balaban J connectivity index is 4.04. The molecule has 182 valence electrons. The van der Waals surface area contributed by atoms with Crippen LogP contribution in [0.5, 0.6) is 0 Å². The van der Waals surface area contributed by atoms with E-state index in [1.807, 2.05) is 13.3 Å². The number of carbonyl (C=O) groups excluding carboxylic acids is 1. The van der Waals surface area contributed by atoms with Gasteiger partial charge in [-0.25, -0.2) is 0 Å². The Hall–Kier alpha value is -0.380. The first-order valence-electron chi connectivity index (χ1n) is 10.4. The van der Waals surface area contributed by atoms with Gasteiger partial charge in [-0.1, -0.05) is 0 Å². The van der Waals surface area contributed by atoms with Gasteiger partial charge in [0.25, 0.3) is 0 Å². The number of ether oxygens (including phenoxy) is 7. The summed E-state index contributed by atoms with van der Waals surface area (Å²) in [6, 6.07) is 0. The van der Waals surface area contributed by atoms with Gasteiger partial charge in [-0.15, -0.1) is 0 Å². The normalized spacial score (nSPS) is 13.2. The molecular formula is C20H43O9P. The molecule has 0 radical (unpaired) electrons. The van der Waals surface area contributed by atoms with Crippen molar-refractivity contribution in [2.75, 3.05) is 120 Å². The Kier molecular flexibility index (Phi) is 18.0. The van der Waals surface area contributed by atoms with Crippen LogP contribution in [0.4, 0.5) is 0 Å². The van der Waals surface area contributed by atoms with Crippen LogP contribution in [0, 0.1) is 0 Å². The molecule has 0 rings (SSSR count). The number of hydrogen-bond donors (Lipinski definition) is 0. The van der Waals surface area contributed by atoms with Crippen molar-refractivity contribution in [3.8, 4) is 0 Å². The van der Waals surface area contributed by atoms with Crippen LogP contribution < -0.4 is 0 Å². The fourth-order valence-electron chi connectivity index (χ4n) is 2.40. The molecule has 0 aromatic carbocycles. The average Bonchev–Trinajstić information content (AvgIpc) is 2.70. The fraction of sp³-hybridized carbons (Fsp3) is 0.950. The summed E-state index contributed by atoms with van der Waals surface area (Å²) in [5, 5.41) is 0. The third-order valence-electron chi connectivity index (χ3n) is 4.40. The molecular weight excluding hydrogens is 415 g/mol. The molecule has 10 heteroatoms. The Labute approximate surface area is 181 Å². The quantitative estimate of drug-likeness (QED) is 0.177. The third-order valence-corrected chi connectivity index (χ3v) is 8.37. The number of rotatable bonds is 22. The van der Waals surface area contributed by atoms with E-state index < -0.39 is 6.83 Å². The van der Waals surface area contributed by atoms with Crippen molar-refractivity contribution in [1.82, 2.24) is 0 Å². The first-order valence-corrected chi connectivity index (χ1v) is 13.8. The predicted molar refractivity (Wildman–Crippen MR) is 118 cm³/mol. The minimum atomic E-state index is -2.72. The number of methoxy groups -OCH3 is 3. The van der Waals surface area contributed by atoms with E-state index in [1.165, 1.54) is 0 Å². The SMILES string of the molecule is COCCOCCOCCOCCC(=O)OP(C)(C)(CCOC)CCOCCOC. The summed E-state index contributed by atoms with van der Waals surface area (Å²) in [6.45, 7) is 6.83. The summed E-state index contributed by atoms with van der Waals surface area (Å²) < 4.78 is 42.8. The summed E-state index contributed by atoms with van der Waals surface area (Å²) >= 11 is 0. The first kappa shape index (κ1) is 29.6. The topological polar surface area (TPSA) is 90.9 Å². The summed E-state index contributed by atoms with van der Waals surface area (Å²) in [6.07, 6.45) is 1.59. The second kappa shape index (κ2) is 18.2. The number of carbonyl (C=O) groups is 1. The summed E-state index contributed by atoms with van der Waals surface area (Å²) in [4.78, 5) is 12.4. The van der Waals surface area contributed by atoms with E-state index >= 15 is 0 Å². The maximum atomic E-state index is 12.4. The Morgan fingerprint density at radius 1 is 0.567 bits per heavy atom. The van der Waals surface area contributed by atoms with Gasteiger partial charge < -0.3 is 4.74 Å². The van der Waals surface area contributed by atoms with Crippen molar-refractivity contribution in [2.45, 2.75) is 6.42 Å². The monoisotopic (exact) mass is 458 g/mol. The average molecular weight is 459 g/mol. The molecule has 0 amide bonds. The zero-order valence-electron chi connectivity index (χ0n) is 19.5. The molecule has 0 unspecified atom stereocenters. The van der Waals surface area contributed by atoms with Gasteiger partial charge in [0.05, 0.1) is 6.61 Å². The van der Waals surface area contributed by atoms with E-state index in [2.05, 4.69) is 0 Å². The third kappa shape index (κ3) is 17.3. The molecule has 9 nitrogen and oxygen atoms in total. The molecule has 0 spiro atoms. The Morgan fingerprint density at radius 3 is 1.47 bits per heavy atom. The van der Waals surface area contributed by atoms with E-state index in [4.69, 9.17) is 37.7 Å². The van der Waals surface area contributed by atoms with E-state index in [0.717, 1.165) is 0 Å². The van der Waals surface area contributed by atoms with E-state index in [1.54, 1.807) is 21.3 Å². The second-order valence-electron chi connectivity index (χ2n) is 7.65. The summed E-state index contributed by atoms with van der Waals surface area (Å²) in [7, 11) is 4.92. The van der Waals surface area contributed by atoms with E-state index in [-0.39, 0.29) is 12.4 Å². The molecule has 30 heavy (non-hydrogen) atoms. The van der Waals surface area contributed by atoms with Crippen LogP contribution >= 0.6 is 6.83 Å². The van der Waals surface area contributed by atoms with Gasteiger partial charge >= 0.3 is 163 Å². The molecule has 0 aliphatic heterocycles. The second-order valence-corrected chi connectivity index (χ2v) is 13.8. The molecule has 0 aromatic heterocycles. The molecule has 0 bridgehead atoms. The van der Waals surface area contributed by atoms with Crippen LogP contribution in [0.2, 0.25) is 0 Å². The van der Waals surface area contributed by atoms with Crippen LogP contribution in [-0.4, -0.2) is 126 Å². The first-order chi connectivity index (χ1) is 14.4. The van der Waals surface area contributed by atoms with Crippen molar-refractivity contribution < 1.29 is 42.5 Å². The summed E-state index contributed by atoms with van der Waals surface area (Å²) in [5.74, 6) is -0.252. The van der Waals surface area contributed by atoms with Crippen LogP contribution in [0.1, 0.15) is 6.42 Å². The molecule has 0 aliphatic carbocycles. The van der Waals surface area contributed by atoms with Crippen molar-refractivity contribution in [1.29, 1.82) is 0 Å². The predicted octanol–water partition coefficient (Wildman–Crippen LogP) is 1.65. The van der Waals surface area contributed by atoms with Gasteiger partial charge in [0.1, 0.15) is 0 Å². The minimum absolute atomic E-state index is 0.206. The van der Waals surface area contributed by atoms with Gasteiger partial charge in [0.2, 0.25) is 0 Å². The van der Waals surface area contributed by atoms with E-state index in [9.17, 15) is 4.79 Å². The zero-order chi connectivity index (χ0) is 22.6. The van der Waals surface area contributed by atoms with E-state index in [0.29, 0.717) is 85.0 Å². The summed E-state index contributed by atoms with van der Waals surface area (Å²) in [5.41, 5.74) is 0. The standard InChI is InChI=1S/C20H43O9P/c1-22-8-10-26-14-15-27-13-12-25-7-6-20(21)29-30(4,5,18-16-24-3)19-17-28-11-9-23-2/h6-19H2,1-5H3. The van der Waals surface area contributed by atoms with Crippen molar-refractivity contribution in [3.63, 3.8) is 0 Å². The molecule has 0 atom stereocenters. The van der Waals surface area contributed by atoms with Crippen molar-refractivity contribution in [2.24, 2.45) is 0 Å². The van der Waals surface area contributed by atoms with Crippen molar-refractivity contribution >= 4 is 12.8 Å². The molecule has 0 aliphatic rings. The van der Waals surface area contributed by atoms with Gasteiger partial charge in [0, 0.05) is 7.11 Å².